The van der Waals surface area contributed by atoms with E-state index in [4.69, 9.17) is 21.1 Å². The summed E-state index contributed by atoms with van der Waals surface area (Å²) in [5.74, 6) is 0.727. The van der Waals surface area contributed by atoms with Crippen LogP contribution >= 0.6 is 11.6 Å². The predicted octanol–water partition coefficient (Wildman–Crippen LogP) is 3.84. The number of anilines is 1. The van der Waals surface area contributed by atoms with Crippen LogP contribution in [0.2, 0.25) is 5.02 Å². The molecule has 0 aromatic heterocycles. The van der Waals surface area contributed by atoms with Crippen molar-refractivity contribution in [2.24, 2.45) is 0 Å². The van der Waals surface area contributed by atoms with Crippen molar-refractivity contribution in [1.82, 2.24) is 5.32 Å². The molecule has 0 bridgehead atoms. The summed E-state index contributed by atoms with van der Waals surface area (Å²) in [6.45, 7) is 0.610. The zero-order chi connectivity index (χ0) is 24.1. The zero-order valence-electron chi connectivity index (χ0n) is 18.7. The molecule has 1 heterocycles. The van der Waals surface area contributed by atoms with Gasteiger partial charge >= 0.3 is 0 Å². The fourth-order valence-electron chi connectivity index (χ4n) is 3.78. The molecule has 1 aliphatic heterocycles. The van der Waals surface area contributed by atoms with Crippen LogP contribution in [0, 0.1) is 0 Å². The SMILES string of the molecule is COc1ccc(CCNC(=O)COc2ccc(S(=O)(=O)N3CCc4ccccc43)cc2Cl)cc1. The first kappa shape index (κ1) is 23.9. The van der Waals surface area contributed by atoms with Gasteiger partial charge in [0.15, 0.2) is 6.61 Å². The van der Waals surface area contributed by atoms with E-state index in [2.05, 4.69) is 5.32 Å². The Bertz CT molecular complexity index is 1280. The molecule has 0 radical (unpaired) electrons. The molecule has 7 nitrogen and oxygen atoms in total. The number of fused-ring (bicyclic) bond motifs is 1. The second-order valence-electron chi connectivity index (χ2n) is 7.78. The number of rotatable bonds is 9. The minimum absolute atomic E-state index is 0.0745. The van der Waals surface area contributed by atoms with Gasteiger partial charge in [-0.3, -0.25) is 9.10 Å². The van der Waals surface area contributed by atoms with Crippen molar-refractivity contribution in [1.29, 1.82) is 0 Å². The molecule has 0 atom stereocenters. The number of carbonyl (C=O) groups excluding carboxylic acids is 1. The van der Waals surface area contributed by atoms with Gasteiger partial charge in [0, 0.05) is 13.1 Å². The summed E-state index contributed by atoms with van der Waals surface area (Å²) in [6.07, 6.45) is 1.33. The fraction of sp³-hybridized carbons (Fsp3) is 0.240. The molecule has 3 aromatic rings. The van der Waals surface area contributed by atoms with Crippen LogP contribution in [-0.2, 0) is 27.7 Å². The first-order valence-electron chi connectivity index (χ1n) is 10.8. The molecular weight excluding hydrogens is 476 g/mol. The lowest BCUT2D eigenvalue weighted by atomic mass is 10.1. The van der Waals surface area contributed by atoms with Crippen LogP contribution in [0.3, 0.4) is 0 Å². The van der Waals surface area contributed by atoms with E-state index in [1.165, 1.54) is 22.5 Å². The van der Waals surface area contributed by atoms with Gasteiger partial charge < -0.3 is 14.8 Å². The van der Waals surface area contributed by atoms with Gasteiger partial charge in [-0.2, -0.15) is 0 Å². The second kappa shape index (κ2) is 10.4. The first-order valence-corrected chi connectivity index (χ1v) is 12.6. The lowest BCUT2D eigenvalue weighted by Crippen LogP contribution is -2.30. The highest BCUT2D eigenvalue weighted by Crippen LogP contribution is 2.35. The fourth-order valence-corrected chi connectivity index (χ4v) is 5.61. The van der Waals surface area contributed by atoms with E-state index in [9.17, 15) is 13.2 Å². The van der Waals surface area contributed by atoms with Crippen molar-refractivity contribution < 1.29 is 22.7 Å². The lowest BCUT2D eigenvalue weighted by molar-refractivity contribution is -0.123. The Balaban J connectivity index is 1.32. The average molecular weight is 501 g/mol. The maximum atomic E-state index is 13.2. The Morgan fingerprint density at radius 1 is 1.09 bits per heavy atom. The molecule has 1 aliphatic rings. The largest absolute Gasteiger partial charge is 0.497 e. The van der Waals surface area contributed by atoms with E-state index in [1.807, 2.05) is 42.5 Å². The molecule has 3 aromatic carbocycles. The van der Waals surface area contributed by atoms with Crippen LogP contribution in [0.1, 0.15) is 11.1 Å². The molecule has 178 valence electrons. The van der Waals surface area contributed by atoms with Gasteiger partial charge in [0.1, 0.15) is 11.5 Å². The van der Waals surface area contributed by atoms with Gasteiger partial charge in [-0.15, -0.1) is 0 Å². The van der Waals surface area contributed by atoms with Gasteiger partial charge in [-0.1, -0.05) is 41.9 Å². The average Bonchev–Trinajstić information content (AvgIpc) is 3.29. The Kier molecular flexibility index (Phi) is 7.29. The second-order valence-corrected chi connectivity index (χ2v) is 10.1. The van der Waals surface area contributed by atoms with E-state index in [1.54, 1.807) is 13.2 Å². The minimum Gasteiger partial charge on any atom is -0.497 e. The number of methoxy groups -OCH3 is 1. The van der Waals surface area contributed by atoms with Gasteiger partial charge in [0.2, 0.25) is 0 Å². The number of halogens is 1. The van der Waals surface area contributed by atoms with Crippen molar-refractivity contribution in [3.8, 4) is 11.5 Å². The van der Waals surface area contributed by atoms with Crippen LogP contribution < -0.4 is 19.1 Å². The summed E-state index contributed by atoms with van der Waals surface area (Å²) in [4.78, 5) is 12.2. The topological polar surface area (TPSA) is 84.9 Å². The summed E-state index contributed by atoms with van der Waals surface area (Å²) in [6, 6.07) is 19.3. The number of sulfonamides is 1. The molecule has 9 heteroatoms. The molecular formula is C25H25ClN2O5S. The van der Waals surface area contributed by atoms with Crippen LogP contribution in [0.15, 0.2) is 71.6 Å². The van der Waals surface area contributed by atoms with Gasteiger partial charge in [-0.25, -0.2) is 8.42 Å². The van der Waals surface area contributed by atoms with E-state index < -0.39 is 10.0 Å². The Morgan fingerprint density at radius 3 is 2.59 bits per heavy atom. The van der Waals surface area contributed by atoms with E-state index >= 15 is 0 Å². The Morgan fingerprint density at radius 2 is 1.85 bits per heavy atom. The van der Waals surface area contributed by atoms with Crippen molar-refractivity contribution in [3.63, 3.8) is 0 Å². The standard InChI is InChI=1S/C25H25ClN2O5S/c1-32-20-8-6-18(7-9-20)12-14-27-25(29)17-33-24-11-10-21(16-22(24)26)34(30,31)28-15-13-19-4-2-3-5-23(19)28/h2-11,16H,12-15,17H2,1H3,(H,27,29). The molecule has 0 saturated heterocycles. The Labute approximate surface area is 204 Å². The molecule has 0 unspecified atom stereocenters. The van der Waals surface area contributed by atoms with Gasteiger partial charge in [0.05, 0.1) is 22.7 Å². The highest BCUT2D eigenvalue weighted by molar-refractivity contribution is 7.92. The molecule has 0 saturated carbocycles. The number of nitrogens with one attached hydrogen (secondary N) is 1. The van der Waals surface area contributed by atoms with Crippen molar-refractivity contribution >= 4 is 33.2 Å². The lowest BCUT2D eigenvalue weighted by Gasteiger charge is -2.20. The third kappa shape index (κ3) is 5.29. The third-order valence-electron chi connectivity index (χ3n) is 5.59. The maximum absolute atomic E-state index is 13.2. The first-order chi connectivity index (χ1) is 16.4. The number of amides is 1. The zero-order valence-corrected chi connectivity index (χ0v) is 20.2. The Hall–Kier alpha value is -3.23. The molecule has 0 fully saturated rings. The molecule has 1 amide bonds. The number of hydrogen-bond acceptors (Lipinski definition) is 5. The third-order valence-corrected chi connectivity index (χ3v) is 7.69. The predicted molar refractivity (Wildman–Crippen MR) is 131 cm³/mol. The summed E-state index contributed by atoms with van der Waals surface area (Å²) < 4.78 is 38.3. The summed E-state index contributed by atoms with van der Waals surface area (Å²) in [7, 11) is -2.15. The van der Waals surface area contributed by atoms with E-state index in [-0.39, 0.29) is 28.2 Å². The molecule has 34 heavy (non-hydrogen) atoms. The molecule has 4 rings (SSSR count). The normalized spacial score (nSPS) is 12.8. The number of ether oxygens (including phenoxy) is 2. The van der Waals surface area contributed by atoms with Crippen LogP contribution in [0.4, 0.5) is 5.69 Å². The monoisotopic (exact) mass is 500 g/mol. The number of hydrogen-bond donors (Lipinski definition) is 1. The quantitative estimate of drug-likeness (QED) is 0.482. The number of para-hydroxylation sites is 1. The smallest absolute Gasteiger partial charge is 0.264 e. The van der Waals surface area contributed by atoms with Gasteiger partial charge in [-0.05, 0) is 60.4 Å². The van der Waals surface area contributed by atoms with Crippen molar-refractivity contribution in [3.05, 3.63) is 82.9 Å². The highest BCUT2D eigenvalue weighted by Gasteiger charge is 2.31. The number of carbonyl (C=O) groups is 1. The van der Waals surface area contributed by atoms with Crippen molar-refractivity contribution in [2.45, 2.75) is 17.7 Å². The van der Waals surface area contributed by atoms with Crippen LogP contribution in [0.25, 0.3) is 0 Å². The summed E-state index contributed by atoms with van der Waals surface area (Å²) in [5.41, 5.74) is 2.75. The van der Waals surface area contributed by atoms with Crippen molar-refractivity contribution in [2.75, 3.05) is 31.1 Å². The molecule has 1 N–H and O–H groups in total. The van der Waals surface area contributed by atoms with Crippen LogP contribution in [-0.4, -0.2) is 41.1 Å². The molecule has 0 aliphatic carbocycles. The highest BCUT2D eigenvalue weighted by atomic mass is 35.5. The maximum Gasteiger partial charge on any atom is 0.264 e. The van der Waals surface area contributed by atoms with Crippen LogP contribution in [0.5, 0.6) is 11.5 Å². The van der Waals surface area contributed by atoms with E-state index in [0.29, 0.717) is 31.6 Å². The number of benzene rings is 3. The van der Waals surface area contributed by atoms with Gasteiger partial charge in [0.25, 0.3) is 15.9 Å². The summed E-state index contributed by atoms with van der Waals surface area (Å²) in [5, 5.41) is 2.92. The minimum atomic E-state index is -3.76. The molecule has 0 spiro atoms. The van der Waals surface area contributed by atoms with E-state index in [0.717, 1.165) is 16.9 Å². The summed E-state index contributed by atoms with van der Waals surface area (Å²) >= 11 is 6.29. The number of nitrogens with zero attached hydrogens (tertiary/aromatic N) is 1.